The second kappa shape index (κ2) is 17.1. The molecule has 4 aromatic heterocycles. The number of aliphatic imine (C=N–C) groups is 1. The van der Waals surface area contributed by atoms with Crippen LogP contribution in [0.4, 0.5) is 87.8 Å². The molecule has 4 aromatic carbocycles. The Labute approximate surface area is 390 Å². The summed E-state index contributed by atoms with van der Waals surface area (Å²) in [5.74, 6) is -54.0. The second-order valence-corrected chi connectivity index (χ2v) is 15.8. The average Bonchev–Trinajstić information content (AvgIpc) is 4.26. The molecule has 6 heterocycles. The van der Waals surface area contributed by atoms with Crippen molar-refractivity contribution in [2.24, 2.45) is 4.99 Å². The van der Waals surface area contributed by atoms with Gasteiger partial charge in [-0.2, -0.15) is 0 Å². The Balaban J connectivity index is 1.40. The van der Waals surface area contributed by atoms with Crippen LogP contribution in [-0.2, 0) is 0 Å². The number of allylic oxidation sites excluding steroid dienone is 2. The van der Waals surface area contributed by atoms with Crippen LogP contribution in [0.15, 0.2) is 71.6 Å². The van der Waals surface area contributed by atoms with Crippen LogP contribution >= 0.6 is 0 Å². The lowest BCUT2D eigenvalue weighted by Crippen LogP contribution is -2.21. The van der Waals surface area contributed by atoms with Gasteiger partial charge in [-0.05, 0) is 48.6 Å². The van der Waals surface area contributed by atoms with Crippen molar-refractivity contribution in [1.82, 2.24) is 19.9 Å². The zero-order valence-corrected chi connectivity index (χ0v) is 34.9. The average molecular weight is 1040 g/mol. The topological polar surface area (TPSA) is 75.5 Å². The van der Waals surface area contributed by atoms with Crippen molar-refractivity contribution < 1.29 is 87.8 Å². The molecule has 10 rings (SSSR count). The van der Waals surface area contributed by atoms with E-state index in [0.29, 0.717) is 12.1 Å². The quantitative estimate of drug-likeness (QED) is 0.0770. The molecule has 0 amide bonds. The maximum atomic E-state index is 16.0. The Hall–Kier alpha value is -8.51. The van der Waals surface area contributed by atoms with Gasteiger partial charge in [0.1, 0.15) is 0 Å². The first kappa shape index (κ1) is 48.1. The maximum absolute atomic E-state index is 16.0. The molecule has 8 aromatic rings. The zero-order chi connectivity index (χ0) is 52.5. The first-order chi connectivity index (χ1) is 34.5. The van der Waals surface area contributed by atoms with E-state index in [2.05, 4.69) is 24.9 Å². The summed E-state index contributed by atoms with van der Waals surface area (Å²) >= 11 is 0. The van der Waals surface area contributed by atoms with E-state index in [4.69, 9.17) is 0 Å². The van der Waals surface area contributed by atoms with Gasteiger partial charge in [-0.3, -0.25) is 4.99 Å². The molecule has 2 aliphatic rings. The van der Waals surface area contributed by atoms with Crippen LogP contribution in [-0.4, -0.2) is 25.6 Å². The number of nitrogens with zero attached hydrogens (tertiary/aromatic N) is 1. The fourth-order valence-corrected chi connectivity index (χ4v) is 8.56. The summed E-state index contributed by atoms with van der Waals surface area (Å²) in [6.45, 7) is 0. The second-order valence-electron chi connectivity index (χ2n) is 15.8. The molecule has 0 saturated heterocycles. The Bertz CT molecular complexity index is 3880. The first-order valence-electron chi connectivity index (χ1n) is 20.1. The summed E-state index contributed by atoms with van der Waals surface area (Å²) < 4.78 is 305. The number of rotatable bonds is 4. The monoisotopic (exact) mass is 1040 g/mol. The number of aromatic amines is 4. The molecule has 4 N–H and O–H groups in total. The first-order valence-corrected chi connectivity index (χ1v) is 20.1. The lowest BCUT2D eigenvalue weighted by molar-refractivity contribution is 0.370. The molecule has 10 bridgehead atoms. The lowest BCUT2D eigenvalue weighted by atomic mass is 9.89. The molecule has 0 saturated carbocycles. The van der Waals surface area contributed by atoms with E-state index in [1.165, 1.54) is 0 Å². The fraction of sp³-hybridized carbons (Fsp3) is 0.0208. The zero-order valence-electron chi connectivity index (χ0n) is 34.9. The van der Waals surface area contributed by atoms with E-state index in [0.717, 1.165) is 48.8 Å². The lowest BCUT2D eigenvalue weighted by Gasteiger charge is -2.19. The minimum Gasteiger partial charge on any atom is -0.359 e. The standard InChI is InChI=1S/C48H15F20N5/c49-29-25(30(50)38(58)45(65)37(29)57)21-11-7-19(69-9-11)20-8-12(10-70-20)22(26-31(51)39(59)46(66)40(60)32(26)52)14-2-4-16(72-14)24(28-35(55)43(63)48(68)44(64)36(28)56)18-6-5-17(73-18)23(15-3-1-13(21)71-15)27-33(53)41(61)47(67)42(62)34(27)54/h1-10,23,69-70,72-73H/b21-13+,22-14+,24-16+. The van der Waals surface area contributed by atoms with Gasteiger partial charge in [0.2, 0.25) is 23.3 Å². The van der Waals surface area contributed by atoms with Crippen molar-refractivity contribution in [1.29, 1.82) is 0 Å². The molecule has 73 heavy (non-hydrogen) atoms. The van der Waals surface area contributed by atoms with Crippen molar-refractivity contribution in [3.05, 3.63) is 238 Å². The predicted octanol–water partition coefficient (Wildman–Crippen LogP) is 11.9. The van der Waals surface area contributed by atoms with Gasteiger partial charge < -0.3 is 19.9 Å². The van der Waals surface area contributed by atoms with E-state index in [-0.39, 0.29) is 11.4 Å². The third kappa shape index (κ3) is 7.05. The SMILES string of the molecule is Fc1c(F)c(F)c(/C2=c3\cc/c([nH]3)=C(\c3c(F)c(F)c(F)c(F)c3F)c3c[nH]c(c3)-c3cc(c[nH]3)/C(c3c(F)c(F)c(F)c(F)c3F)=C3/C=CC(=N3)C(c3c(F)c(F)c(F)c(F)c3F)c3ccc2[nH]3)c(F)c1F. The summed E-state index contributed by atoms with van der Waals surface area (Å²) in [7, 11) is 0. The number of benzene rings is 4. The highest BCUT2D eigenvalue weighted by molar-refractivity contribution is 6.07. The number of halogens is 20. The van der Waals surface area contributed by atoms with Gasteiger partial charge in [-0.15, -0.1) is 0 Å². The molecule has 25 heteroatoms. The summed E-state index contributed by atoms with van der Waals surface area (Å²) in [5.41, 5.74) is -15.5. The smallest absolute Gasteiger partial charge is 0.200 e. The third-order valence-corrected chi connectivity index (χ3v) is 11.9. The molecule has 2 aliphatic heterocycles. The number of hydrogen-bond acceptors (Lipinski definition) is 1. The highest BCUT2D eigenvalue weighted by Gasteiger charge is 2.38. The molecule has 372 valence electrons. The Morgan fingerprint density at radius 2 is 0.712 bits per heavy atom. The van der Waals surface area contributed by atoms with Gasteiger partial charge in [-0.1, -0.05) is 0 Å². The van der Waals surface area contributed by atoms with Crippen LogP contribution in [0, 0.1) is 116 Å². The molecule has 0 fully saturated rings. The predicted molar refractivity (Wildman–Crippen MR) is 214 cm³/mol. The Morgan fingerprint density at radius 1 is 0.342 bits per heavy atom. The highest BCUT2D eigenvalue weighted by Crippen LogP contribution is 2.43. The van der Waals surface area contributed by atoms with Crippen molar-refractivity contribution in [2.45, 2.75) is 5.92 Å². The number of H-pyrrole nitrogens is 4. The minimum atomic E-state index is -2.71. The minimum absolute atomic E-state index is 0.279. The van der Waals surface area contributed by atoms with Crippen LogP contribution in [0.3, 0.4) is 0 Å². The number of aromatic nitrogens is 4. The number of hydrogen-bond donors (Lipinski definition) is 4. The summed E-state index contributed by atoms with van der Waals surface area (Å²) in [5, 5.41) is -1.62. The molecule has 1 unspecified atom stereocenters. The van der Waals surface area contributed by atoms with Gasteiger partial charge in [0.25, 0.3) is 0 Å². The van der Waals surface area contributed by atoms with Gasteiger partial charge in [-0.25, -0.2) is 87.8 Å². The molecule has 5 nitrogen and oxygen atoms in total. The summed E-state index contributed by atoms with van der Waals surface area (Å²) in [6.07, 6.45) is 3.17. The summed E-state index contributed by atoms with van der Waals surface area (Å²) in [6, 6.07) is 4.69. The van der Waals surface area contributed by atoms with Crippen molar-refractivity contribution >= 4 is 22.4 Å². The van der Waals surface area contributed by atoms with E-state index >= 15 is 52.7 Å². The van der Waals surface area contributed by atoms with Gasteiger partial charge in [0.05, 0.1) is 45.4 Å². The molecule has 0 radical (unpaired) electrons. The Kier molecular flexibility index (Phi) is 11.3. The van der Waals surface area contributed by atoms with Crippen molar-refractivity contribution in [3.63, 3.8) is 0 Å². The Morgan fingerprint density at radius 3 is 1.16 bits per heavy atom. The van der Waals surface area contributed by atoms with Crippen molar-refractivity contribution in [3.8, 4) is 11.4 Å². The molecule has 1 atom stereocenters. The number of nitrogens with one attached hydrogen (secondary N) is 4. The van der Waals surface area contributed by atoms with Gasteiger partial charge >= 0.3 is 0 Å². The van der Waals surface area contributed by atoms with Crippen LogP contribution in [0.25, 0.3) is 28.1 Å². The van der Waals surface area contributed by atoms with E-state index in [1.54, 1.807) is 0 Å². The highest BCUT2D eigenvalue weighted by atomic mass is 19.2. The maximum Gasteiger partial charge on any atom is 0.200 e. The van der Waals surface area contributed by atoms with Gasteiger partial charge in [0, 0.05) is 67.9 Å². The molecule has 0 spiro atoms. The third-order valence-electron chi connectivity index (χ3n) is 11.9. The summed E-state index contributed by atoms with van der Waals surface area (Å²) in [4.78, 5) is 13.9. The van der Waals surface area contributed by atoms with Crippen LogP contribution < -0.4 is 10.7 Å². The normalized spacial score (nSPS) is 17.1. The van der Waals surface area contributed by atoms with Crippen LogP contribution in [0.2, 0.25) is 0 Å². The van der Waals surface area contributed by atoms with E-state index < -0.39 is 206 Å². The van der Waals surface area contributed by atoms with Crippen molar-refractivity contribution in [2.75, 3.05) is 0 Å². The van der Waals surface area contributed by atoms with Crippen LogP contribution in [0.5, 0.6) is 0 Å². The van der Waals surface area contributed by atoms with E-state index in [1.807, 2.05) is 0 Å². The van der Waals surface area contributed by atoms with E-state index in [9.17, 15) is 35.1 Å². The largest absolute Gasteiger partial charge is 0.359 e. The molecule has 0 aliphatic carbocycles. The van der Waals surface area contributed by atoms with Gasteiger partial charge in [0.15, 0.2) is 93.1 Å². The number of fused-ring (bicyclic) bond motifs is 10. The van der Waals surface area contributed by atoms with Crippen LogP contribution in [0.1, 0.15) is 50.7 Å². The molecular weight excluding hydrogens is 1030 g/mol. The molecular formula is C48H15F20N5. The fourth-order valence-electron chi connectivity index (χ4n) is 8.56.